The van der Waals surface area contributed by atoms with E-state index in [9.17, 15) is 0 Å². The van der Waals surface area contributed by atoms with Crippen LogP contribution in [0.2, 0.25) is 0 Å². The summed E-state index contributed by atoms with van der Waals surface area (Å²) in [4.78, 5) is 2.26. The normalized spacial score (nSPS) is 20.2. The zero-order chi connectivity index (χ0) is 8.10. The fourth-order valence-electron chi connectivity index (χ4n) is 1.31. The summed E-state index contributed by atoms with van der Waals surface area (Å²) in [6, 6.07) is 0. The monoisotopic (exact) mass is 159 g/mol. The van der Waals surface area contributed by atoms with Crippen LogP contribution in [0.3, 0.4) is 0 Å². The number of unbranched alkanes of at least 4 members (excludes halogenated alkanes) is 1. The molecule has 1 aliphatic rings. The van der Waals surface area contributed by atoms with Crippen LogP contribution in [0.4, 0.5) is 0 Å². The second-order valence-electron chi connectivity index (χ2n) is 3.11. The minimum Gasteiger partial charge on any atom is -0.390 e. The van der Waals surface area contributed by atoms with E-state index < -0.39 is 0 Å². The first kappa shape index (κ1) is 8.97. The minimum absolute atomic E-state index is 0.0579. The van der Waals surface area contributed by atoms with E-state index in [1.165, 1.54) is 6.42 Å². The number of hydrogen-bond acceptors (Lipinski definition) is 3. The zero-order valence-corrected chi connectivity index (χ0v) is 7.12. The maximum absolute atomic E-state index is 8.95. The molecule has 0 spiro atoms. The summed E-state index contributed by atoms with van der Waals surface area (Å²) in [5.41, 5.74) is 0. The van der Waals surface area contributed by atoms with Gasteiger partial charge < -0.3 is 9.84 Å². The molecule has 0 aromatic rings. The highest BCUT2D eigenvalue weighted by Gasteiger charge is 2.22. The van der Waals surface area contributed by atoms with Crippen molar-refractivity contribution < 1.29 is 9.84 Å². The second kappa shape index (κ2) is 4.70. The van der Waals surface area contributed by atoms with Gasteiger partial charge >= 0.3 is 0 Å². The molecule has 0 unspecified atom stereocenters. The molecule has 11 heavy (non-hydrogen) atoms. The van der Waals surface area contributed by atoms with Crippen LogP contribution < -0.4 is 0 Å². The van der Waals surface area contributed by atoms with Gasteiger partial charge in [-0.05, 0) is 19.4 Å². The van der Waals surface area contributed by atoms with E-state index in [1.807, 2.05) is 0 Å². The van der Waals surface area contributed by atoms with Crippen molar-refractivity contribution in [2.45, 2.75) is 18.9 Å². The zero-order valence-electron chi connectivity index (χ0n) is 7.12. The molecule has 0 aliphatic carbocycles. The third kappa shape index (κ3) is 3.18. The molecule has 0 amide bonds. The molecule has 0 aromatic heterocycles. The first-order valence-electron chi connectivity index (χ1n) is 4.22. The summed E-state index contributed by atoms with van der Waals surface area (Å²) in [7, 11) is 1.73. The van der Waals surface area contributed by atoms with Gasteiger partial charge in [-0.15, -0.1) is 0 Å². The van der Waals surface area contributed by atoms with Crippen LogP contribution in [-0.4, -0.2) is 49.5 Å². The molecule has 0 radical (unpaired) electrons. The van der Waals surface area contributed by atoms with Crippen molar-refractivity contribution >= 4 is 0 Å². The topological polar surface area (TPSA) is 32.7 Å². The molecule has 0 bridgehead atoms. The number of hydrogen-bond donors (Lipinski definition) is 1. The van der Waals surface area contributed by atoms with E-state index in [2.05, 4.69) is 4.90 Å². The van der Waals surface area contributed by atoms with Crippen molar-refractivity contribution in [3.05, 3.63) is 0 Å². The Balaban J connectivity index is 1.81. The Hall–Kier alpha value is -0.120. The lowest BCUT2D eigenvalue weighted by Gasteiger charge is -2.35. The Morgan fingerprint density at radius 1 is 1.45 bits per heavy atom. The third-order valence-corrected chi connectivity index (χ3v) is 2.01. The molecule has 3 heteroatoms. The lowest BCUT2D eigenvalue weighted by molar-refractivity contribution is 0.000713. The van der Waals surface area contributed by atoms with Gasteiger partial charge in [-0.3, -0.25) is 4.90 Å². The van der Waals surface area contributed by atoms with Gasteiger partial charge in [0, 0.05) is 26.8 Å². The summed E-state index contributed by atoms with van der Waals surface area (Å²) in [5, 5.41) is 8.95. The summed E-state index contributed by atoms with van der Waals surface area (Å²) >= 11 is 0. The summed E-state index contributed by atoms with van der Waals surface area (Å²) in [6.07, 6.45) is 2.25. The molecular weight excluding hydrogens is 142 g/mol. The molecule has 3 nitrogen and oxygen atoms in total. The standard InChI is InChI=1S/C8H17NO2/c1-11-5-3-2-4-9-6-8(10)7-9/h8,10H,2-7H2,1H3. The Morgan fingerprint density at radius 3 is 2.73 bits per heavy atom. The largest absolute Gasteiger partial charge is 0.390 e. The highest BCUT2D eigenvalue weighted by atomic mass is 16.5. The van der Waals surface area contributed by atoms with Gasteiger partial charge in [-0.25, -0.2) is 0 Å². The van der Waals surface area contributed by atoms with Gasteiger partial charge in [0.05, 0.1) is 6.10 Å². The first-order valence-corrected chi connectivity index (χ1v) is 4.22. The fraction of sp³-hybridized carbons (Fsp3) is 1.00. The van der Waals surface area contributed by atoms with Crippen molar-refractivity contribution in [2.75, 3.05) is 33.4 Å². The molecule has 1 aliphatic heterocycles. The molecule has 1 rings (SSSR count). The maximum Gasteiger partial charge on any atom is 0.0793 e. The van der Waals surface area contributed by atoms with Crippen LogP contribution in [0.1, 0.15) is 12.8 Å². The molecule has 1 saturated heterocycles. The smallest absolute Gasteiger partial charge is 0.0793 e. The number of aliphatic hydroxyl groups excluding tert-OH is 1. The van der Waals surface area contributed by atoms with Crippen molar-refractivity contribution in [1.82, 2.24) is 4.90 Å². The first-order chi connectivity index (χ1) is 5.33. The summed E-state index contributed by atoms with van der Waals surface area (Å²) in [6.45, 7) is 3.71. The fourth-order valence-corrected chi connectivity index (χ4v) is 1.31. The molecule has 66 valence electrons. The number of likely N-dealkylation sites (tertiary alicyclic amines) is 1. The van der Waals surface area contributed by atoms with Gasteiger partial charge in [0.1, 0.15) is 0 Å². The number of β-amino-alcohol motifs (C(OH)–C–C–N with tert-alkyl or cyclic N) is 1. The van der Waals surface area contributed by atoms with Gasteiger partial charge in [-0.1, -0.05) is 0 Å². The van der Waals surface area contributed by atoms with Crippen molar-refractivity contribution in [3.63, 3.8) is 0 Å². The van der Waals surface area contributed by atoms with Gasteiger partial charge in [0.25, 0.3) is 0 Å². The highest BCUT2D eigenvalue weighted by Crippen LogP contribution is 2.07. The van der Waals surface area contributed by atoms with E-state index in [0.29, 0.717) is 0 Å². The van der Waals surface area contributed by atoms with E-state index in [0.717, 1.165) is 32.7 Å². The second-order valence-corrected chi connectivity index (χ2v) is 3.11. The number of aliphatic hydroxyl groups is 1. The maximum atomic E-state index is 8.95. The van der Waals surface area contributed by atoms with E-state index >= 15 is 0 Å². The quantitative estimate of drug-likeness (QED) is 0.577. The summed E-state index contributed by atoms with van der Waals surface area (Å²) in [5.74, 6) is 0. The van der Waals surface area contributed by atoms with Crippen molar-refractivity contribution in [1.29, 1.82) is 0 Å². The molecule has 0 saturated carbocycles. The van der Waals surface area contributed by atoms with E-state index in [-0.39, 0.29) is 6.10 Å². The SMILES string of the molecule is COCCCCN1CC(O)C1. The summed E-state index contributed by atoms with van der Waals surface area (Å²) < 4.78 is 4.93. The minimum atomic E-state index is -0.0579. The van der Waals surface area contributed by atoms with Gasteiger partial charge in [0.2, 0.25) is 0 Å². The number of methoxy groups -OCH3 is 1. The Morgan fingerprint density at radius 2 is 2.18 bits per heavy atom. The Bertz CT molecular complexity index is 102. The van der Waals surface area contributed by atoms with Crippen molar-refractivity contribution in [2.24, 2.45) is 0 Å². The molecular formula is C8H17NO2. The van der Waals surface area contributed by atoms with Crippen LogP contribution in [0.5, 0.6) is 0 Å². The van der Waals surface area contributed by atoms with Crippen LogP contribution in [0.15, 0.2) is 0 Å². The van der Waals surface area contributed by atoms with E-state index in [1.54, 1.807) is 7.11 Å². The molecule has 1 heterocycles. The average molecular weight is 159 g/mol. The van der Waals surface area contributed by atoms with Crippen LogP contribution in [0, 0.1) is 0 Å². The number of ether oxygens (including phenoxy) is 1. The van der Waals surface area contributed by atoms with Gasteiger partial charge in [0.15, 0.2) is 0 Å². The van der Waals surface area contributed by atoms with Crippen LogP contribution >= 0.6 is 0 Å². The molecule has 1 fully saturated rings. The third-order valence-electron chi connectivity index (χ3n) is 2.01. The number of nitrogens with zero attached hydrogens (tertiary/aromatic N) is 1. The predicted octanol–water partition coefficient (Wildman–Crippen LogP) is 0.0895. The molecule has 1 N–H and O–H groups in total. The van der Waals surface area contributed by atoms with E-state index in [4.69, 9.17) is 9.84 Å². The Kier molecular flexibility index (Phi) is 3.83. The Labute approximate surface area is 68.0 Å². The van der Waals surface area contributed by atoms with Gasteiger partial charge in [-0.2, -0.15) is 0 Å². The van der Waals surface area contributed by atoms with Crippen LogP contribution in [-0.2, 0) is 4.74 Å². The van der Waals surface area contributed by atoms with Crippen LogP contribution in [0.25, 0.3) is 0 Å². The lowest BCUT2D eigenvalue weighted by Crippen LogP contribution is -2.50. The van der Waals surface area contributed by atoms with Crippen molar-refractivity contribution in [3.8, 4) is 0 Å². The predicted molar refractivity (Wildman–Crippen MR) is 43.6 cm³/mol. The number of rotatable bonds is 5. The molecule has 0 aromatic carbocycles. The highest BCUT2D eigenvalue weighted by molar-refractivity contribution is 4.77. The molecule has 0 atom stereocenters. The average Bonchev–Trinajstić information content (AvgIpc) is 1.94. The lowest BCUT2D eigenvalue weighted by atomic mass is 10.1.